The lowest BCUT2D eigenvalue weighted by Crippen LogP contribution is -2.41. The van der Waals surface area contributed by atoms with Crippen LogP contribution < -0.4 is 5.32 Å². The van der Waals surface area contributed by atoms with E-state index in [2.05, 4.69) is 42.9 Å². The Bertz CT molecular complexity index is 330. The zero-order valence-corrected chi connectivity index (χ0v) is 15.8. The van der Waals surface area contributed by atoms with Gasteiger partial charge in [-0.1, -0.05) is 13.8 Å². The van der Waals surface area contributed by atoms with Gasteiger partial charge in [-0.2, -0.15) is 0 Å². The van der Waals surface area contributed by atoms with Crippen molar-refractivity contribution in [3.63, 3.8) is 0 Å². The average Bonchev–Trinajstić information content (AvgIpc) is 2.91. The quantitative estimate of drug-likeness (QED) is 0.453. The molecule has 2 aliphatic heterocycles. The summed E-state index contributed by atoms with van der Waals surface area (Å²) in [6, 6.07) is 0.643. The van der Waals surface area contributed by atoms with Gasteiger partial charge < -0.3 is 15.1 Å². The first kappa shape index (κ1) is 18.0. The molecule has 0 spiro atoms. The van der Waals surface area contributed by atoms with Gasteiger partial charge in [-0.15, -0.1) is 24.0 Å². The number of likely N-dealkylation sites (N-methyl/N-ethyl adjacent to an activating group) is 1. The molecule has 0 saturated carbocycles. The second-order valence-electron chi connectivity index (χ2n) is 6.81. The summed E-state index contributed by atoms with van der Waals surface area (Å²) in [6.45, 7) is 12.2. The molecule has 5 heteroatoms. The van der Waals surface area contributed by atoms with E-state index in [1.807, 2.05) is 0 Å². The molecule has 118 valence electrons. The number of halogens is 1. The van der Waals surface area contributed by atoms with E-state index in [1.54, 1.807) is 0 Å². The molecule has 0 bridgehead atoms. The van der Waals surface area contributed by atoms with Crippen molar-refractivity contribution >= 4 is 29.9 Å². The van der Waals surface area contributed by atoms with E-state index < -0.39 is 0 Å². The Labute approximate surface area is 141 Å². The number of nitrogens with zero attached hydrogens (tertiary/aromatic N) is 3. The Hall–Kier alpha value is -0.0400. The number of aliphatic imine (C=N–C) groups is 1. The van der Waals surface area contributed by atoms with Crippen molar-refractivity contribution in [3.05, 3.63) is 0 Å². The van der Waals surface area contributed by atoms with E-state index in [9.17, 15) is 0 Å². The Morgan fingerprint density at radius 3 is 2.60 bits per heavy atom. The van der Waals surface area contributed by atoms with Crippen LogP contribution in [0.15, 0.2) is 4.99 Å². The predicted octanol–water partition coefficient (Wildman–Crippen LogP) is 2.40. The second-order valence-corrected chi connectivity index (χ2v) is 6.81. The number of likely N-dealkylation sites (tertiary alicyclic amines) is 2. The molecule has 0 radical (unpaired) electrons. The summed E-state index contributed by atoms with van der Waals surface area (Å²) in [7, 11) is 2.22. The molecule has 2 rings (SSSR count). The third-order valence-corrected chi connectivity index (χ3v) is 4.44. The van der Waals surface area contributed by atoms with Crippen molar-refractivity contribution in [3.8, 4) is 0 Å². The van der Waals surface area contributed by atoms with Crippen LogP contribution in [-0.2, 0) is 0 Å². The van der Waals surface area contributed by atoms with Gasteiger partial charge in [0, 0.05) is 25.7 Å². The van der Waals surface area contributed by atoms with Crippen LogP contribution in [0.4, 0.5) is 0 Å². The van der Waals surface area contributed by atoms with E-state index >= 15 is 0 Å². The van der Waals surface area contributed by atoms with Crippen molar-refractivity contribution in [1.29, 1.82) is 0 Å². The van der Waals surface area contributed by atoms with Crippen molar-refractivity contribution in [2.75, 3.05) is 39.8 Å². The van der Waals surface area contributed by atoms with Crippen LogP contribution in [0.5, 0.6) is 0 Å². The highest BCUT2D eigenvalue weighted by Crippen LogP contribution is 2.28. The maximum absolute atomic E-state index is 4.88. The van der Waals surface area contributed by atoms with Crippen LogP contribution in [0.1, 0.15) is 40.0 Å². The number of hydrogen-bond acceptors (Lipinski definition) is 2. The first-order valence-electron chi connectivity index (χ1n) is 7.75. The van der Waals surface area contributed by atoms with Crippen LogP contribution in [0.3, 0.4) is 0 Å². The van der Waals surface area contributed by atoms with Crippen LogP contribution >= 0.6 is 24.0 Å². The molecule has 2 heterocycles. The van der Waals surface area contributed by atoms with Crippen molar-refractivity contribution in [2.24, 2.45) is 10.4 Å². The smallest absolute Gasteiger partial charge is 0.193 e. The third kappa shape index (κ3) is 4.76. The van der Waals surface area contributed by atoms with E-state index in [-0.39, 0.29) is 24.0 Å². The number of rotatable bonds is 3. The third-order valence-electron chi connectivity index (χ3n) is 4.44. The molecule has 1 unspecified atom stereocenters. The van der Waals surface area contributed by atoms with Gasteiger partial charge in [-0.25, -0.2) is 0 Å². The van der Waals surface area contributed by atoms with Gasteiger partial charge >= 0.3 is 0 Å². The molecule has 0 aromatic heterocycles. The zero-order chi connectivity index (χ0) is 13.9. The highest BCUT2D eigenvalue weighted by molar-refractivity contribution is 14.0. The molecular formula is C15H31IN4. The zero-order valence-electron chi connectivity index (χ0n) is 13.5. The van der Waals surface area contributed by atoms with Crippen molar-refractivity contribution in [2.45, 2.75) is 46.1 Å². The van der Waals surface area contributed by atoms with Gasteiger partial charge in [-0.3, -0.25) is 4.99 Å². The molecule has 1 N–H and O–H groups in total. The molecule has 1 atom stereocenters. The minimum Gasteiger partial charge on any atom is -0.357 e. The number of hydrogen-bond donors (Lipinski definition) is 1. The van der Waals surface area contributed by atoms with Crippen molar-refractivity contribution in [1.82, 2.24) is 15.1 Å². The van der Waals surface area contributed by atoms with E-state index in [1.165, 1.54) is 25.8 Å². The fourth-order valence-corrected chi connectivity index (χ4v) is 3.12. The molecule has 4 nitrogen and oxygen atoms in total. The molecule has 0 aliphatic carbocycles. The summed E-state index contributed by atoms with van der Waals surface area (Å²) < 4.78 is 0. The van der Waals surface area contributed by atoms with Gasteiger partial charge in [-0.05, 0) is 45.2 Å². The number of guanidine groups is 1. The first-order valence-corrected chi connectivity index (χ1v) is 7.75. The normalized spacial score (nSPS) is 26.7. The summed E-state index contributed by atoms with van der Waals surface area (Å²) in [5.41, 5.74) is 0.431. The van der Waals surface area contributed by atoms with Crippen LogP contribution in [0.2, 0.25) is 0 Å². The van der Waals surface area contributed by atoms with Crippen molar-refractivity contribution < 1.29 is 0 Å². The lowest BCUT2D eigenvalue weighted by Gasteiger charge is -2.25. The highest BCUT2D eigenvalue weighted by Gasteiger charge is 2.31. The van der Waals surface area contributed by atoms with E-state index in [0.717, 1.165) is 32.1 Å². The standard InChI is InChI=1S/C15H30N4.HI/c1-5-16-14(19-10-8-15(2,3)12-19)17-11-13-7-6-9-18(13)4;/h13H,5-12H2,1-4H3,(H,16,17);1H. The molecule has 0 amide bonds. The molecule has 2 fully saturated rings. The molecule has 0 aromatic carbocycles. The highest BCUT2D eigenvalue weighted by atomic mass is 127. The molecule has 0 aromatic rings. The van der Waals surface area contributed by atoms with E-state index in [4.69, 9.17) is 4.99 Å². The summed E-state index contributed by atoms with van der Waals surface area (Å²) in [5.74, 6) is 1.12. The topological polar surface area (TPSA) is 30.9 Å². The first-order chi connectivity index (χ1) is 9.02. The molecular weight excluding hydrogens is 363 g/mol. The molecule has 2 saturated heterocycles. The summed E-state index contributed by atoms with van der Waals surface area (Å²) in [6.07, 6.45) is 3.88. The summed E-state index contributed by atoms with van der Waals surface area (Å²) in [5, 5.41) is 3.46. The summed E-state index contributed by atoms with van der Waals surface area (Å²) >= 11 is 0. The Morgan fingerprint density at radius 2 is 2.10 bits per heavy atom. The Kier molecular flexibility index (Phi) is 7.04. The van der Waals surface area contributed by atoms with Crippen LogP contribution in [0.25, 0.3) is 0 Å². The van der Waals surface area contributed by atoms with Crippen LogP contribution in [0, 0.1) is 5.41 Å². The monoisotopic (exact) mass is 394 g/mol. The van der Waals surface area contributed by atoms with Crippen LogP contribution in [-0.4, -0.2) is 61.6 Å². The fourth-order valence-electron chi connectivity index (χ4n) is 3.12. The lowest BCUT2D eigenvalue weighted by molar-refractivity contribution is 0.315. The molecule has 2 aliphatic rings. The van der Waals surface area contributed by atoms with E-state index in [0.29, 0.717) is 11.5 Å². The predicted molar refractivity (Wildman–Crippen MR) is 97.0 cm³/mol. The van der Waals surface area contributed by atoms with Gasteiger partial charge in [0.25, 0.3) is 0 Å². The minimum atomic E-state index is 0. The lowest BCUT2D eigenvalue weighted by atomic mass is 9.93. The van der Waals surface area contributed by atoms with Gasteiger partial charge in [0.15, 0.2) is 5.96 Å². The average molecular weight is 394 g/mol. The Morgan fingerprint density at radius 1 is 1.35 bits per heavy atom. The van der Waals surface area contributed by atoms with Gasteiger partial charge in [0.05, 0.1) is 6.54 Å². The van der Waals surface area contributed by atoms with Gasteiger partial charge in [0.2, 0.25) is 0 Å². The summed E-state index contributed by atoms with van der Waals surface area (Å²) in [4.78, 5) is 9.76. The maximum Gasteiger partial charge on any atom is 0.193 e. The largest absolute Gasteiger partial charge is 0.357 e. The fraction of sp³-hybridized carbons (Fsp3) is 0.933. The second kappa shape index (κ2) is 7.82. The SMILES string of the molecule is CCNC(=NCC1CCCN1C)N1CCC(C)(C)C1.I. The van der Waals surface area contributed by atoms with Gasteiger partial charge in [0.1, 0.15) is 0 Å². The minimum absolute atomic E-state index is 0. The number of nitrogens with one attached hydrogen (secondary N) is 1. The molecule has 20 heavy (non-hydrogen) atoms. The maximum atomic E-state index is 4.88. The Balaban J connectivity index is 0.00000200.